The summed E-state index contributed by atoms with van der Waals surface area (Å²) in [6.45, 7) is 2.09. The number of hydrogen-bond acceptors (Lipinski definition) is 4. The lowest BCUT2D eigenvalue weighted by Crippen LogP contribution is -2.40. The molecule has 2 unspecified atom stereocenters. The molecule has 5 nitrogen and oxygen atoms in total. The average molecular weight is 298 g/mol. The van der Waals surface area contributed by atoms with E-state index in [0.29, 0.717) is 17.2 Å². The molecule has 22 heavy (non-hydrogen) atoms. The van der Waals surface area contributed by atoms with Crippen LogP contribution in [0.2, 0.25) is 0 Å². The van der Waals surface area contributed by atoms with E-state index in [9.17, 15) is 4.79 Å². The van der Waals surface area contributed by atoms with Gasteiger partial charge in [0.1, 0.15) is 6.61 Å². The van der Waals surface area contributed by atoms with E-state index < -0.39 is 6.10 Å². The minimum atomic E-state index is -0.672. The van der Waals surface area contributed by atoms with E-state index >= 15 is 0 Å². The van der Waals surface area contributed by atoms with Gasteiger partial charge in [-0.25, -0.2) is 0 Å². The zero-order valence-electron chi connectivity index (χ0n) is 12.3. The number of benzene rings is 2. The lowest BCUT2D eigenvalue weighted by molar-refractivity contribution is -0.125. The second-order valence-electron chi connectivity index (χ2n) is 5.27. The minimum Gasteiger partial charge on any atom is -0.485 e. The summed E-state index contributed by atoms with van der Waals surface area (Å²) in [4.78, 5) is 12.3. The Balaban J connectivity index is 1.69. The van der Waals surface area contributed by atoms with E-state index in [1.807, 2.05) is 49.4 Å². The number of carbonyl (C=O) groups is 1. The molecule has 0 aromatic heterocycles. The van der Waals surface area contributed by atoms with Gasteiger partial charge in [0.05, 0.1) is 0 Å². The number of amides is 1. The minimum absolute atomic E-state index is 0.0852. The van der Waals surface area contributed by atoms with Gasteiger partial charge >= 0.3 is 0 Å². The SMILES string of the molecule is CC(N)c1cccc(NC(=O)C2COc3ccccc3O2)c1. The Kier molecular flexibility index (Phi) is 3.98. The third-order valence-electron chi connectivity index (χ3n) is 3.48. The first-order valence-electron chi connectivity index (χ1n) is 7.18. The third-order valence-corrected chi connectivity index (χ3v) is 3.48. The Morgan fingerprint density at radius 1 is 1.23 bits per heavy atom. The molecule has 1 heterocycles. The number of para-hydroxylation sites is 2. The molecule has 1 amide bonds. The van der Waals surface area contributed by atoms with E-state index in [4.69, 9.17) is 15.2 Å². The van der Waals surface area contributed by atoms with Crippen LogP contribution in [0.5, 0.6) is 11.5 Å². The monoisotopic (exact) mass is 298 g/mol. The van der Waals surface area contributed by atoms with Crippen LogP contribution in [0.15, 0.2) is 48.5 Å². The van der Waals surface area contributed by atoms with Crippen LogP contribution in [-0.2, 0) is 4.79 Å². The maximum absolute atomic E-state index is 12.3. The molecule has 0 fully saturated rings. The highest BCUT2D eigenvalue weighted by atomic mass is 16.6. The number of hydrogen-bond donors (Lipinski definition) is 2. The molecule has 2 aromatic carbocycles. The maximum Gasteiger partial charge on any atom is 0.269 e. The van der Waals surface area contributed by atoms with Crippen LogP contribution in [0.25, 0.3) is 0 Å². The van der Waals surface area contributed by atoms with E-state index in [1.165, 1.54) is 0 Å². The Morgan fingerprint density at radius 2 is 2.00 bits per heavy atom. The van der Waals surface area contributed by atoms with Gasteiger partial charge in [0.15, 0.2) is 11.5 Å². The van der Waals surface area contributed by atoms with Gasteiger partial charge in [0, 0.05) is 11.7 Å². The Bertz CT molecular complexity index is 685. The molecule has 0 spiro atoms. The number of ether oxygens (including phenoxy) is 2. The summed E-state index contributed by atoms with van der Waals surface area (Å²) < 4.78 is 11.2. The molecule has 114 valence electrons. The highest BCUT2D eigenvalue weighted by molar-refractivity contribution is 5.94. The zero-order chi connectivity index (χ0) is 15.5. The van der Waals surface area contributed by atoms with Crippen LogP contribution in [0.1, 0.15) is 18.5 Å². The molecule has 1 aliphatic rings. The van der Waals surface area contributed by atoms with Gasteiger partial charge in [-0.3, -0.25) is 4.79 Å². The van der Waals surface area contributed by atoms with Crippen molar-refractivity contribution in [3.8, 4) is 11.5 Å². The predicted molar refractivity (Wildman–Crippen MR) is 84.0 cm³/mol. The lowest BCUT2D eigenvalue weighted by atomic mass is 10.1. The summed E-state index contributed by atoms with van der Waals surface area (Å²) >= 11 is 0. The molecule has 2 aromatic rings. The van der Waals surface area contributed by atoms with Crippen LogP contribution in [0.4, 0.5) is 5.69 Å². The van der Waals surface area contributed by atoms with E-state index in [2.05, 4.69) is 5.32 Å². The molecule has 3 rings (SSSR count). The van der Waals surface area contributed by atoms with E-state index in [1.54, 1.807) is 6.07 Å². The van der Waals surface area contributed by atoms with Crippen LogP contribution in [0, 0.1) is 0 Å². The van der Waals surface area contributed by atoms with Crippen molar-refractivity contribution in [3.05, 3.63) is 54.1 Å². The molecule has 3 N–H and O–H groups in total. The number of rotatable bonds is 3. The van der Waals surface area contributed by atoms with Gasteiger partial charge in [-0.15, -0.1) is 0 Å². The van der Waals surface area contributed by atoms with Crippen molar-refractivity contribution < 1.29 is 14.3 Å². The smallest absolute Gasteiger partial charge is 0.269 e. The van der Waals surface area contributed by atoms with Gasteiger partial charge < -0.3 is 20.5 Å². The van der Waals surface area contributed by atoms with E-state index in [0.717, 1.165) is 5.56 Å². The predicted octanol–water partition coefficient (Wildman–Crippen LogP) is 2.48. The van der Waals surface area contributed by atoms with Gasteiger partial charge in [0.2, 0.25) is 6.10 Å². The molecule has 0 saturated carbocycles. The quantitative estimate of drug-likeness (QED) is 0.913. The molecular formula is C17H18N2O3. The van der Waals surface area contributed by atoms with Crippen molar-refractivity contribution >= 4 is 11.6 Å². The van der Waals surface area contributed by atoms with Crippen molar-refractivity contribution in [1.29, 1.82) is 0 Å². The second-order valence-corrected chi connectivity index (χ2v) is 5.27. The Hall–Kier alpha value is -2.53. The van der Waals surface area contributed by atoms with Crippen LogP contribution in [-0.4, -0.2) is 18.6 Å². The first-order valence-corrected chi connectivity index (χ1v) is 7.18. The number of fused-ring (bicyclic) bond motifs is 1. The molecule has 2 atom stereocenters. The summed E-state index contributed by atoms with van der Waals surface area (Å²) in [5.41, 5.74) is 7.51. The van der Waals surface area contributed by atoms with Gasteiger partial charge in [-0.05, 0) is 36.8 Å². The Labute approximate surface area is 129 Å². The molecule has 1 aliphatic heterocycles. The molecule has 0 saturated heterocycles. The molecule has 5 heteroatoms. The van der Waals surface area contributed by atoms with Crippen molar-refractivity contribution in [1.82, 2.24) is 0 Å². The summed E-state index contributed by atoms with van der Waals surface area (Å²) in [7, 11) is 0. The highest BCUT2D eigenvalue weighted by Gasteiger charge is 2.27. The first-order chi connectivity index (χ1) is 10.6. The van der Waals surface area contributed by atoms with Crippen LogP contribution in [0.3, 0.4) is 0 Å². The van der Waals surface area contributed by atoms with Crippen molar-refractivity contribution in [2.24, 2.45) is 5.73 Å². The van der Waals surface area contributed by atoms with Gasteiger partial charge in [-0.2, -0.15) is 0 Å². The average Bonchev–Trinajstić information content (AvgIpc) is 2.54. The fourth-order valence-corrected chi connectivity index (χ4v) is 2.27. The standard InChI is InChI=1S/C17H18N2O3/c1-11(18)12-5-4-6-13(9-12)19-17(20)16-10-21-14-7-2-3-8-15(14)22-16/h2-9,11,16H,10,18H2,1H3,(H,19,20). The Morgan fingerprint density at radius 3 is 2.77 bits per heavy atom. The molecule has 0 aliphatic carbocycles. The van der Waals surface area contributed by atoms with Crippen molar-refractivity contribution in [3.63, 3.8) is 0 Å². The normalized spacial score (nSPS) is 17.6. The first kappa shape index (κ1) is 14.4. The number of carbonyl (C=O) groups excluding carboxylic acids is 1. The summed E-state index contributed by atoms with van der Waals surface area (Å²) in [6, 6.07) is 14.7. The molecule has 0 bridgehead atoms. The number of nitrogens with two attached hydrogens (primary N) is 1. The number of anilines is 1. The molecular weight excluding hydrogens is 280 g/mol. The van der Waals surface area contributed by atoms with Crippen molar-refractivity contribution in [2.75, 3.05) is 11.9 Å². The van der Waals surface area contributed by atoms with Gasteiger partial charge in [0.25, 0.3) is 5.91 Å². The fourth-order valence-electron chi connectivity index (χ4n) is 2.27. The lowest BCUT2D eigenvalue weighted by Gasteiger charge is -2.25. The van der Waals surface area contributed by atoms with Crippen LogP contribution < -0.4 is 20.5 Å². The van der Waals surface area contributed by atoms with Gasteiger partial charge in [-0.1, -0.05) is 24.3 Å². The topological polar surface area (TPSA) is 73.6 Å². The summed E-state index contributed by atoms with van der Waals surface area (Å²) in [5.74, 6) is 1.00. The second kappa shape index (κ2) is 6.07. The highest BCUT2D eigenvalue weighted by Crippen LogP contribution is 2.31. The summed E-state index contributed by atoms with van der Waals surface area (Å²) in [5, 5.41) is 2.84. The van der Waals surface area contributed by atoms with Crippen LogP contribution >= 0.6 is 0 Å². The largest absolute Gasteiger partial charge is 0.485 e. The zero-order valence-corrected chi connectivity index (χ0v) is 12.3. The summed E-state index contributed by atoms with van der Waals surface area (Å²) in [6.07, 6.45) is -0.672. The third kappa shape index (κ3) is 3.04. The molecule has 0 radical (unpaired) electrons. The number of nitrogens with one attached hydrogen (secondary N) is 1. The fraction of sp³-hybridized carbons (Fsp3) is 0.235. The van der Waals surface area contributed by atoms with E-state index in [-0.39, 0.29) is 18.6 Å². The maximum atomic E-state index is 12.3. The van der Waals surface area contributed by atoms with Crippen molar-refractivity contribution in [2.45, 2.75) is 19.1 Å².